The van der Waals surface area contributed by atoms with Crippen molar-refractivity contribution in [2.24, 2.45) is 5.92 Å². The van der Waals surface area contributed by atoms with Crippen molar-refractivity contribution >= 4 is 0 Å². The Labute approximate surface area is 155 Å². The third-order valence-corrected chi connectivity index (χ3v) is 5.81. The monoisotopic (exact) mass is 364 g/mol. The van der Waals surface area contributed by atoms with E-state index in [-0.39, 0.29) is 11.7 Å². The average molecular weight is 364 g/mol. The fourth-order valence-electron chi connectivity index (χ4n) is 4.38. The molecule has 1 aliphatic carbocycles. The number of hydrogen-bond acceptors (Lipinski definition) is 2. The summed E-state index contributed by atoms with van der Waals surface area (Å²) >= 11 is 0. The van der Waals surface area contributed by atoms with E-state index in [0.717, 1.165) is 51.6 Å². The van der Waals surface area contributed by atoms with Crippen molar-refractivity contribution in [3.05, 3.63) is 41.0 Å². The first-order valence-corrected chi connectivity index (χ1v) is 10.0. The molecule has 1 aromatic carbocycles. The van der Waals surface area contributed by atoms with Crippen molar-refractivity contribution < 1.29 is 18.3 Å². The molecule has 3 rings (SSSR count). The smallest absolute Gasteiger partial charge is 0.200 e. The van der Waals surface area contributed by atoms with Gasteiger partial charge < -0.3 is 9.47 Å². The van der Waals surface area contributed by atoms with Gasteiger partial charge in [-0.3, -0.25) is 0 Å². The molecule has 1 unspecified atom stereocenters. The van der Waals surface area contributed by atoms with Crippen LogP contribution in [0.4, 0.5) is 8.78 Å². The molecule has 0 spiro atoms. The molecule has 4 heteroatoms. The summed E-state index contributed by atoms with van der Waals surface area (Å²) in [6.07, 6.45) is 9.74. The van der Waals surface area contributed by atoms with Gasteiger partial charge in [0.2, 0.25) is 5.82 Å². The molecule has 0 radical (unpaired) electrons. The Morgan fingerprint density at radius 2 is 1.85 bits per heavy atom. The van der Waals surface area contributed by atoms with E-state index in [1.165, 1.54) is 5.57 Å². The van der Waals surface area contributed by atoms with Crippen molar-refractivity contribution in [2.75, 3.05) is 13.2 Å². The van der Waals surface area contributed by atoms with Crippen LogP contribution in [0, 0.1) is 17.6 Å². The number of halogens is 2. The molecule has 2 nitrogen and oxygen atoms in total. The zero-order chi connectivity index (χ0) is 18.5. The van der Waals surface area contributed by atoms with Crippen molar-refractivity contribution in [3.8, 4) is 5.75 Å². The first kappa shape index (κ1) is 19.3. The van der Waals surface area contributed by atoms with Crippen molar-refractivity contribution in [1.82, 2.24) is 0 Å². The van der Waals surface area contributed by atoms with Crippen LogP contribution in [0.1, 0.15) is 70.3 Å². The molecule has 1 heterocycles. The molecule has 1 saturated carbocycles. The second-order valence-corrected chi connectivity index (χ2v) is 7.52. The SMILES string of the molecule is CCCC1=CCC(C2CCC(c3ccc(OCC)c(F)c3F)CC2)OC1. The Morgan fingerprint density at radius 3 is 2.46 bits per heavy atom. The van der Waals surface area contributed by atoms with Gasteiger partial charge in [0.1, 0.15) is 0 Å². The average Bonchev–Trinajstić information content (AvgIpc) is 2.67. The lowest BCUT2D eigenvalue weighted by atomic mass is 9.75. The van der Waals surface area contributed by atoms with Gasteiger partial charge in [0.15, 0.2) is 11.6 Å². The molecule has 1 aromatic rings. The lowest BCUT2D eigenvalue weighted by molar-refractivity contribution is 0.00349. The third-order valence-electron chi connectivity index (χ3n) is 5.81. The molecular formula is C22H30F2O2. The van der Waals surface area contributed by atoms with E-state index < -0.39 is 11.6 Å². The molecule has 0 aromatic heterocycles. The van der Waals surface area contributed by atoms with Crippen LogP contribution in [0.15, 0.2) is 23.8 Å². The van der Waals surface area contributed by atoms with Crippen LogP contribution in [0.3, 0.4) is 0 Å². The topological polar surface area (TPSA) is 18.5 Å². The fourth-order valence-corrected chi connectivity index (χ4v) is 4.38. The maximum Gasteiger partial charge on any atom is 0.200 e. The maximum atomic E-state index is 14.4. The van der Waals surface area contributed by atoms with Crippen LogP contribution in [0.25, 0.3) is 0 Å². The minimum absolute atomic E-state index is 0.00714. The molecular weight excluding hydrogens is 334 g/mol. The Hall–Kier alpha value is -1.42. The second kappa shape index (κ2) is 8.98. The highest BCUT2D eigenvalue weighted by atomic mass is 19.2. The van der Waals surface area contributed by atoms with Crippen molar-refractivity contribution in [2.45, 2.75) is 70.8 Å². The van der Waals surface area contributed by atoms with Gasteiger partial charge in [-0.2, -0.15) is 4.39 Å². The fraction of sp³-hybridized carbons (Fsp3) is 0.636. The highest BCUT2D eigenvalue weighted by Gasteiger charge is 2.31. The van der Waals surface area contributed by atoms with Gasteiger partial charge in [0.05, 0.1) is 19.3 Å². The Morgan fingerprint density at radius 1 is 1.08 bits per heavy atom. The summed E-state index contributed by atoms with van der Waals surface area (Å²) in [5, 5.41) is 0. The first-order valence-electron chi connectivity index (χ1n) is 10.0. The lowest BCUT2D eigenvalue weighted by Crippen LogP contribution is -2.30. The zero-order valence-corrected chi connectivity index (χ0v) is 15.9. The summed E-state index contributed by atoms with van der Waals surface area (Å²) in [6, 6.07) is 3.26. The maximum absolute atomic E-state index is 14.4. The van der Waals surface area contributed by atoms with Crippen LogP contribution in [0.5, 0.6) is 5.75 Å². The van der Waals surface area contributed by atoms with E-state index in [1.807, 2.05) is 0 Å². The standard InChI is InChI=1S/C22H30F2O2/c1-3-5-15-6-12-19(26-14-15)17-9-7-16(8-10-17)18-11-13-20(25-4-2)22(24)21(18)23/h6,11,13,16-17,19H,3-5,7-10,12,14H2,1-2H3. The number of hydrogen-bond donors (Lipinski definition) is 0. The third kappa shape index (κ3) is 4.28. The van der Waals surface area contributed by atoms with Gasteiger partial charge in [-0.1, -0.05) is 25.5 Å². The molecule has 0 amide bonds. The Balaban J connectivity index is 1.58. The predicted molar refractivity (Wildman–Crippen MR) is 99.6 cm³/mol. The van der Waals surface area contributed by atoms with Crippen molar-refractivity contribution in [3.63, 3.8) is 0 Å². The predicted octanol–water partition coefficient (Wildman–Crippen LogP) is 6.15. The molecule has 0 N–H and O–H groups in total. The molecule has 1 fully saturated rings. The zero-order valence-electron chi connectivity index (χ0n) is 15.9. The van der Waals surface area contributed by atoms with Gasteiger partial charge in [-0.05, 0) is 74.5 Å². The number of ether oxygens (including phenoxy) is 2. The Kier molecular flexibility index (Phi) is 6.68. The van der Waals surface area contributed by atoms with Gasteiger partial charge in [0.25, 0.3) is 0 Å². The van der Waals surface area contributed by atoms with Gasteiger partial charge in [-0.15, -0.1) is 0 Å². The molecule has 0 saturated heterocycles. The largest absolute Gasteiger partial charge is 0.491 e. The molecule has 144 valence electrons. The van der Waals surface area contributed by atoms with E-state index in [4.69, 9.17) is 9.47 Å². The van der Waals surface area contributed by atoms with Crippen LogP contribution in [-0.2, 0) is 4.74 Å². The molecule has 0 bridgehead atoms. The van der Waals surface area contributed by atoms with E-state index in [9.17, 15) is 8.78 Å². The summed E-state index contributed by atoms with van der Waals surface area (Å²) in [4.78, 5) is 0. The summed E-state index contributed by atoms with van der Waals surface area (Å²) in [7, 11) is 0. The van der Waals surface area contributed by atoms with E-state index in [2.05, 4.69) is 13.0 Å². The van der Waals surface area contributed by atoms with E-state index in [0.29, 0.717) is 24.2 Å². The molecule has 26 heavy (non-hydrogen) atoms. The van der Waals surface area contributed by atoms with E-state index in [1.54, 1.807) is 19.1 Å². The van der Waals surface area contributed by atoms with E-state index >= 15 is 0 Å². The summed E-state index contributed by atoms with van der Waals surface area (Å²) < 4.78 is 39.8. The van der Waals surface area contributed by atoms with Crippen LogP contribution < -0.4 is 4.74 Å². The molecule has 1 aliphatic heterocycles. The lowest BCUT2D eigenvalue weighted by Gasteiger charge is -2.35. The first-order chi connectivity index (χ1) is 12.6. The minimum atomic E-state index is -0.851. The molecule has 2 aliphatic rings. The molecule has 1 atom stereocenters. The number of rotatable bonds is 6. The summed E-state index contributed by atoms with van der Waals surface area (Å²) in [6.45, 7) is 5.05. The van der Waals surface area contributed by atoms with Crippen LogP contribution in [0.2, 0.25) is 0 Å². The highest BCUT2D eigenvalue weighted by molar-refractivity contribution is 5.33. The van der Waals surface area contributed by atoms with Crippen LogP contribution >= 0.6 is 0 Å². The normalized spacial score (nSPS) is 26.5. The highest BCUT2D eigenvalue weighted by Crippen LogP contribution is 2.41. The van der Waals surface area contributed by atoms with Gasteiger partial charge in [-0.25, -0.2) is 4.39 Å². The quantitative estimate of drug-likeness (QED) is 0.563. The van der Waals surface area contributed by atoms with Gasteiger partial charge in [0, 0.05) is 0 Å². The summed E-state index contributed by atoms with van der Waals surface area (Å²) in [5.74, 6) is -0.962. The number of benzene rings is 1. The Bertz CT molecular complexity index is 633. The summed E-state index contributed by atoms with van der Waals surface area (Å²) in [5.41, 5.74) is 1.92. The minimum Gasteiger partial charge on any atom is -0.491 e. The second-order valence-electron chi connectivity index (χ2n) is 7.52. The van der Waals surface area contributed by atoms with Crippen molar-refractivity contribution in [1.29, 1.82) is 0 Å². The van der Waals surface area contributed by atoms with Gasteiger partial charge >= 0.3 is 0 Å². The van der Waals surface area contributed by atoms with Crippen LogP contribution in [-0.4, -0.2) is 19.3 Å².